The summed E-state index contributed by atoms with van der Waals surface area (Å²) in [6.07, 6.45) is 10.2. The predicted molar refractivity (Wildman–Crippen MR) is 89.5 cm³/mol. The molecule has 0 aromatic carbocycles. The third kappa shape index (κ3) is 2.37. The molecule has 0 unspecified atom stereocenters. The van der Waals surface area contributed by atoms with Crippen LogP contribution in [0.1, 0.15) is 64.2 Å². The average Bonchev–Trinajstić information content (AvgIpc) is 2.74. The van der Waals surface area contributed by atoms with E-state index in [1.165, 1.54) is 12.8 Å². The molecule has 0 aromatic rings. The lowest BCUT2D eigenvalue weighted by Gasteiger charge is -2.52. The van der Waals surface area contributed by atoms with Gasteiger partial charge in [-0.3, -0.25) is 0 Å². The Morgan fingerprint density at radius 3 is 2.75 bits per heavy atom. The van der Waals surface area contributed by atoms with Crippen molar-refractivity contribution in [1.82, 2.24) is 10.2 Å². The van der Waals surface area contributed by atoms with Gasteiger partial charge in [-0.05, 0) is 44.9 Å². The van der Waals surface area contributed by atoms with Crippen LogP contribution in [0.25, 0.3) is 0 Å². The second kappa shape index (κ2) is 5.58. The number of nitrogens with zero attached hydrogens (tertiary/aromatic N) is 2. The fraction of sp³-hybridized carbons (Fsp3) is 0.944. The maximum Gasteiger partial charge on any atom is 0.199 e. The molecule has 5 aliphatic heterocycles. The summed E-state index contributed by atoms with van der Waals surface area (Å²) in [5, 5.41) is 14.4. The Morgan fingerprint density at radius 1 is 1.04 bits per heavy atom. The Kier molecular flexibility index (Phi) is 3.58. The standard InChI is InChI=1S/C18H29N3O3/c22-15-10-13-11-17(6-2-1-4-8-23-17)19-16-20-18(7-3-5-9-24-18)12-14(15)21(13)16/h13-15,22H,1-12H2,(H,19,20)/t13-,14+,15-,17-,18-/m0/s1. The maximum absolute atomic E-state index is 10.7. The number of nitrogens with one attached hydrogen (secondary N) is 1. The van der Waals surface area contributed by atoms with Crippen molar-refractivity contribution in [3.8, 4) is 0 Å². The zero-order valence-corrected chi connectivity index (χ0v) is 14.4. The molecular formula is C18H29N3O3. The van der Waals surface area contributed by atoms with Gasteiger partial charge in [0, 0.05) is 32.1 Å². The Labute approximate surface area is 143 Å². The molecular weight excluding hydrogens is 306 g/mol. The Bertz CT molecular complexity index is 524. The van der Waals surface area contributed by atoms with Gasteiger partial charge in [0.1, 0.15) is 5.72 Å². The van der Waals surface area contributed by atoms with Crippen molar-refractivity contribution >= 4 is 5.96 Å². The Morgan fingerprint density at radius 2 is 1.88 bits per heavy atom. The van der Waals surface area contributed by atoms with Crippen LogP contribution in [0, 0.1) is 0 Å². The molecule has 0 aliphatic carbocycles. The molecule has 4 saturated heterocycles. The van der Waals surface area contributed by atoms with E-state index in [1.54, 1.807) is 0 Å². The maximum atomic E-state index is 10.7. The first-order valence-electron chi connectivity index (χ1n) is 9.81. The van der Waals surface area contributed by atoms with Gasteiger partial charge in [-0.1, -0.05) is 6.42 Å². The summed E-state index contributed by atoms with van der Waals surface area (Å²) in [6, 6.07) is 0.472. The largest absolute Gasteiger partial charge is 0.391 e. The number of ether oxygens (including phenoxy) is 2. The molecule has 5 heterocycles. The molecule has 6 heteroatoms. The summed E-state index contributed by atoms with van der Waals surface area (Å²) < 4.78 is 12.4. The number of hydrogen-bond acceptors (Lipinski definition) is 6. The van der Waals surface area contributed by atoms with Crippen molar-refractivity contribution in [3.63, 3.8) is 0 Å². The lowest BCUT2D eigenvalue weighted by atomic mass is 9.91. The molecule has 2 N–H and O–H groups in total. The molecule has 24 heavy (non-hydrogen) atoms. The lowest BCUT2D eigenvalue weighted by molar-refractivity contribution is -0.116. The topological polar surface area (TPSA) is 66.3 Å². The summed E-state index contributed by atoms with van der Waals surface area (Å²) in [5.41, 5.74) is -0.723. The Hall–Kier alpha value is -0.850. The van der Waals surface area contributed by atoms with Gasteiger partial charge in [0.2, 0.25) is 0 Å². The molecule has 5 rings (SSSR count). The summed E-state index contributed by atoms with van der Waals surface area (Å²) >= 11 is 0. The number of aliphatic hydroxyl groups is 1. The fourth-order valence-corrected chi connectivity index (χ4v) is 5.48. The van der Waals surface area contributed by atoms with E-state index in [4.69, 9.17) is 14.5 Å². The molecule has 0 aromatic heterocycles. The highest BCUT2D eigenvalue weighted by Gasteiger charge is 2.56. The summed E-state index contributed by atoms with van der Waals surface area (Å²) in [4.78, 5) is 7.41. The highest BCUT2D eigenvalue weighted by Crippen LogP contribution is 2.45. The van der Waals surface area contributed by atoms with Gasteiger partial charge < -0.3 is 24.8 Å². The summed E-state index contributed by atoms with van der Waals surface area (Å²) in [6.45, 7) is 1.60. The van der Waals surface area contributed by atoms with E-state index in [9.17, 15) is 5.11 Å². The lowest BCUT2D eigenvalue weighted by Crippen LogP contribution is -2.68. The second-order valence-corrected chi connectivity index (χ2v) is 8.31. The fourth-order valence-electron chi connectivity index (χ4n) is 5.48. The second-order valence-electron chi connectivity index (χ2n) is 8.31. The first-order valence-corrected chi connectivity index (χ1v) is 9.81. The number of hydrogen-bond donors (Lipinski definition) is 2. The van der Waals surface area contributed by atoms with Crippen molar-refractivity contribution in [2.45, 2.75) is 93.8 Å². The van der Waals surface area contributed by atoms with E-state index in [0.29, 0.717) is 6.04 Å². The highest BCUT2D eigenvalue weighted by molar-refractivity contribution is 5.84. The number of aliphatic hydroxyl groups excluding tert-OH is 1. The average molecular weight is 335 g/mol. The minimum absolute atomic E-state index is 0.135. The van der Waals surface area contributed by atoms with E-state index >= 15 is 0 Å². The normalized spacial score (nSPS) is 48.0. The van der Waals surface area contributed by atoms with Crippen LogP contribution in [0.15, 0.2) is 4.99 Å². The molecule has 0 bridgehead atoms. The molecule has 2 spiro atoms. The molecule has 5 aliphatic rings. The van der Waals surface area contributed by atoms with Crippen molar-refractivity contribution in [1.29, 1.82) is 0 Å². The predicted octanol–water partition coefficient (Wildman–Crippen LogP) is 1.73. The van der Waals surface area contributed by atoms with Crippen molar-refractivity contribution in [2.24, 2.45) is 4.99 Å². The Balaban J connectivity index is 1.50. The molecule has 0 saturated carbocycles. The van der Waals surface area contributed by atoms with Crippen LogP contribution in [0.5, 0.6) is 0 Å². The van der Waals surface area contributed by atoms with Crippen molar-refractivity contribution < 1.29 is 14.6 Å². The van der Waals surface area contributed by atoms with E-state index < -0.39 is 5.72 Å². The van der Waals surface area contributed by atoms with Crippen LogP contribution in [-0.2, 0) is 9.47 Å². The SMILES string of the molecule is O[C@H]1C[C@H]2C[C@@]3(CCCCCO3)NC3=N[C@]4(CCCCO4)C[C@H]1N32. The van der Waals surface area contributed by atoms with Crippen LogP contribution in [-0.4, -0.2) is 58.8 Å². The van der Waals surface area contributed by atoms with Gasteiger partial charge in [0.05, 0.1) is 12.1 Å². The van der Waals surface area contributed by atoms with E-state index in [2.05, 4.69) is 10.2 Å². The van der Waals surface area contributed by atoms with Crippen LogP contribution in [0.3, 0.4) is 0 Å². The van der Waals surface area contributed by atoms with Gasteiger partial charge in [-0.2, -0.15) is 0 Å². The molecule has 5 atom stereocenters. The highest BCUT2D eigenvalue weighted by atomic mass is 16.5. The number of rotatable bonds is 0. The van der Waals surface area contributed by atoms with Crippen molar-refractivity contribution in [2.75, 3.05) is 13.2 Å². The molecule has 134 valence electrons. The van der Waals surface area contributed by atoms with Crippen LogP contribution >= 0.6 is 0 Å². The first-order chi connectivity index (χ1) is 11.7. The van der Waals surface area contributed by atoms with E-state index in [0.717, 1.165) is 70.5 Å². The summed E-state index contributed by atoms with van der Waals surface area (Å²) in [5.74, 6) is 0.919. The number of guanidine groups is 1. The summed E-state index contributed by atoms with van der Waals surface area (Å²) in [7, 11) is 0. The van der Waals surface area contributed by atoms with Gasteiger partial charge in [0.25, 0.3) is 0 Å². The van der Waals surface area contributed by atoms with E-state index in [1.807, 2.05) is 0 Å². The smallest absolute Gasteiger partial charge is 0.199 e. The molecule has 0 amide bonds. The van der Waals surface area contributed by atoms with Crippen LogP contribution in [0.2, 0.25) is 0 Å². The first kappa shape index (κ1) is 15.4. The zero-order chi connectivity index (χ0) is 16.2. The number of aliphatic imine (C=N–C) groups is 1. The minimum Gasteiger partial charge on any atom is -0.391 e. The van der Waals surface area contributed by atoms with Crippen molar-refractivity contribution in [3.05, 3.63) is 0 Å². The molecule has 6 nitrogen and oxygen atoms in total. The quantitative estimate of drug-likeness (QED) is 0.706. The van der Waals surface area contributed by atoms with Crippen LogP contribution in [0.4, 0.5) is 0 Å². The van der Waals surface area contributed by atoms with Gasteiger partial charge in [-0.25, -0.2) is 4.99 Å². The third-order valence-electron chi connectivity index (χ3n) is 6.63. The minimum atomic E-state index is -0.430. The molecule has 4 fully saturated rings. The third-order valence-corrected chi connectivity index (χ3v) is 6.63. The zero-order valence-electron chi connectivity index (χ0n) is 14.4. The van der Waals surface area contributed by atoms with Crippen LogP contribution < -0.4 is 5.32 Å². The monoisotopic (exact) mass is 335 g/mol. The van der Waals surface area contributed by atoms with Gasteiger partial charge in [0.15, 0.2) is 11.7 Å². The molecule has 0 radical (unpaired) electrons. The van der Waals surface area contributed by atoms with E-state index in [-0.39, 0.29) is 17.9 Å². The van der Waals surface area contributed by atoms with Gasteiger partial charge in [-0.15, -0.1) is 0 Å². The van der Waals surface area contributed by atoms with Gasteiger partial charge >= 0.3 is 0 Å².